The maximum atomic E-state index is 11.9. The van der Waals surface area contributed by atoms with Crippen molar-refractivity contribution in [2.24, 2.45) is 0 Å². The second kappa shape index (κ2) is 8.43. The molecule has 0 atom stereocenters. The van der Waals surface area contributed by atoms with Crippen molar-refractivity contribution in [2.75, 3.05) is 20.0 Å². The molecule has 0 saturated heterocycles. The maximum absolute atomic E-state index is 11.9. The van der Waals surface area contributed by atoms with E-state index < -0.39 is 0 Å². The first-order valence-corrected chi connectivity index (χ1v) is 7.53. The first-order chi connectivity index (χ1) is 9.08. The molecule has 0 aliphatic heterocycles. The number of rotatable bonds is 7. The highest BCUT2D eigenvalue weighted by Gasteiger charge is 2.12. The minimum atomic E-state index is 0.132. The van der Waals surface area contributed by atoms with E-state index in [0.717, 1.165) is 28.6 Å². The topological polar surface area (TPSA) is 29.5 Å². The van der Waals surface area contributed by atoms with Crippen LogP contribution in [0.5, 0.6) is 5.75 Å². The Bertz CT molecular complexity index is 426. The second-order valence-corrected chi connectivity index (χ2v) is 5.65. The van der Waals surface area contributed by atoms with Gasteiger partial charge >= 0.3 is 0 Å². The molecule has 1 amide bonds. The fourth-order valence-electron chi connectivity index (χ4n) is 1.78. The van der Waals surface area contributed by atoms with Gasteiger partial charge < -0.3 is 9.64 Å². The zero-order valence-corrected chi connectivity index (χ0v) is 13.6. The van der Waals surface area contributed by atoms with Crippen molar-refractivity contribution in [2.45, 2.75) is 25.8 Å². The third-order valence-electron chi connectivity index (χ3n) is 2.85. The minimum absolute atomic E-state index is 0.132. The number of alkyl halides is 1. The van der Waals surface area contributed by atoms with Crippen LogP contribution in [0.15, 0.2) is 22.7 Å². The van der Waals surface area contributed by atoms with Gasteiger partial charge in [0, 0.05) is 35.9 Å². The maximum Gasteiger partial charge on any atom is 0.222 e. The van der Waals surface area contributed by atoms with Crippen LogP contribution in [0.3, 0.4) is 0 Å². The zero-order chi connectivity index (χ0) is 14.3. The van der Waals surface area contributed by atoms with Gasteiger partial charge in [0.25, 0.3) is 0 Å². The summed E-state index contributed by atoms with van der Waals surface area (Å²) in [5, 5.41) is 0. The molecule has 0 saturated carbocycles. The number of carbonyl (C=O) groups is 1. The van der Waals surface area contributed by atoms with Gasteiger partial charge in [-0.3, -0.25) is 4.79 Å². The highest BCUT2D eigenvalue weighted by molar-refractivity contribution is 9.10. The molecule has 1 aromatic rings. The Morgan fingerprint density at radius 2 is 2.16 bits per heavy atom. The standard InChI is InChI=1S/C14H19BrClNO2/c1-17(14(18)5-3-4-8-16)10-11-9-12(15)6-7-13(11)19-2/h6-7,9H,3-5,8,10H2,1-2H3. The molecule has 0 aromatic heterocycles. The molecule has 0 bridgehead atoms. The van der Waals surface area contributed by atoms with Gasteiger partial charge in [-0.15, -0.1) is 11.6 Å². The smallest absolute Gasteiger partial charge is 0.222 e. The summed E-state index contributed by atoms with van der Waals surface area (Å²) in [5.41, 5.74) is 0.991. The summed E-state index contributed by atoms with van der Waals surface area (Å²) in [5.74, 6) is 1.53. The van der Waals surface area contributed by atoms with Crippen LogP contribution in [0.4, 0.5) is 0 Å². The van der Waals surface area contributed by atoms with Gasteiger partial charge in [0.15, 0.2) is 0 Å². The van der Waals surface area contributed by atoms with Gasteiger partial charge in [-0.1, -0.05) is 15.9 Å². The van der Waals surface area contributed by atoms with Crippen molar-refractivity contribution < 1.29 is 9.53 Å². The Kier molecular flexibility index (Phi) is 7.24. The van der Waals surface area contributed by atoms with Gasteiger partial charge in [0.1, 0.15) is 5.75 Å². The monoisotopic (exact) mass is 347 g/mol. The predicted molar refractivity (Wildman–Crippen MR) is 81.7 cm³/mol. The summed E-state index contributed by atoms with van der Waals surface area (Å²) in [4.78, 5) is 13.7. The number of ether oxygens (including phenoxy) is 1. The number of unbranched alkanes of at least 4 members (excludes halogenated alkanes) is 1. The third-order valence-corrected chi connectivity index (χ3v) is 3.61. The molecule has 0 radical (unpaired) electrons. The minimum Gasteiger partial charge on any atom is -0.496 e. The largest absolute Gasteiger partial charge is 0.496 e. The molecule has 3 nitrogen and oxygen atoms in total. The summed E-state index contributed by atoms with van der Waals surface area (Å²) < 4.78 is 6.28. The number of halogens is 2. The molecule has 1 aromatic carbocycles. The van der Waals surface area contributed by atoms with Gasteiger partial charge in [-0.05, 0) is 31.0 Å². The lowest BCUT2D eigenvalue weighted by atomic mass is 10.1. The normalized spacial score (nSPS) is 10.3. The van der Waals surface area contributed by atoms with Crippen molar-refractivity contribution in [3.63, 3.8) is 0 Å². The van der Waals surface area contributed by atoms with E-state index in [4.69, 9.17) is 16.3 Å². The molecule has 0 aliphatic carbocycles. The van der Waals surface area contributed by atoms with E-state index in [-0.39, 0.29) is 5.91 Å². The van der Waals surface area contributed by atoms with E-state index in [1.807, 2.05) is 25.2 Å². The lowest BCUT2D eigenvalue weighted by Crippen LogP contribution is -2.26. The van der Waals surface area contributed by atoms with E-state index in [1.54, 1.807) is 12.0 Å². The molecule has 0 aliphatic rings. The van der Waals surface area contributed by atoms with E-state index in [2.05, 4.69) is 15.9 Å². The summed E-state index contributed by atoms with van der Waals surface area (Å²) in [6.07, 6.45) is 2.25. The van der Waals surface area contributed by atoms with Crippen LogP contribution in [0.2, 0.25) is 0 Å². The molecule has 5 heteroatoms. The predicted octanol–water partition coefficient (Wildman–Crippen LogP) is 3.83. The Labute approximate surface area is 128 Å². The van der Waals surface area contributed by atoms with E-state index in [9.17, 15) is 4.79 Å². The molecule has 19 heavy (non-hydrogen) atoms. The van der Waals surface area contributed by atoms with Crippen molar-refractivity contribution in [1.82, 2.24) is 4.90 Å². The van der Waals surface area contributed by atoms with Gasteiger partial charge in [-0.2, -0.15) is 0 Å². The zero-order valence-electron chi connectivity index (χ0n) is 11.3. The molecule has 0 spiro atoms. The lowest BCUT2D eigenvalue weighted by molar-refractivity contribution is -0.130. The number of methoxy groups -OCH3 is 1. The Balaban J connectivity index is 2.62. The summed E-state index contributed by atoms with van der Waals surface area (Å²) in [6.45, 7) is 0.544. The molecule has 1 rings (SSSR count). The summed E-state index contributed by atoms with van der Waals surface area (Å²) >= 11 is 9.03. The number of carbonyl (C=O) groups excluding carboxylic acids is 1. The number of hydrogen-bond donors (Lipinski definition) is 0. The molecule has 0 heterocycles. The van der Waals surface area contributed by atoms with Crippen LogP contribution in [0.25, 0.3) is 0 Å². The van der Waals surface area contributed by atoms with E-state index in [0.29, 0.717) is 18.8 Å². The number of hydrogen-bond acceptors (Lipinski definition) is 2. The van der Waals surface area contributed by atoms with Crippen molar-refractivity contribution in [3.05, 3.63) is 28.2 Å². The van der Waals surface area contributed by atoms with Crippen molar-refractivity contribution in [1.29, 1.82) is 0 Å². The molecule has 106 valence electrons. The molecule has 0 unspecified atom stereocenters. The molecule has 0 fully saturated rings. The van der Waals surface area contributed by atoms with Gasteiger partial charge in [0.2, 0.25) is 5.91 Å². The SMILES string of the molecule is COc1ccc(Br)cc1CN(C)C(=O)CCCCCl. The second-order valence-electron chi connectivity index (χ2n) is 4.35. The average Bonchev–Trinajstić information content (AvgIpc) is 2.39. The van der Waals surface area contributed by atoms with Crippen LogP contribution in [-0.4, -0.2) is 30.8 Å². The van der Waals surface area contributed by atoms with Crippen LogP contribution < -0.4 is 4.74 Å². The number of benzene rings is 1. The summed E-state index contributed by atoms with van der Waals surface area (Å²) in [6, 6.07) is 5.79. The lowest BCUT2D eigenvalue weighted by Gasteiger charge is -2.19. The highest BCUT2D eigenvalue weighted by Crippen LogP contribution is 2.24. The van der Waals surface area contributed by atoms with Crippen LogP contribution in [0, 0.1) is 0 Å². The molecular weight excluding hydrogens is 330 g/mol. The average molecular weight is 349 g/mol. The van der Waals surface area contributed by atoms with Crippen LogP contribution in [-0.2, 0) is 11.3 Å². The van der Waals surface area contributed by atoms with Crippen molar-refractivity contribution >= 4 is 33.4 Å². The number of nitrogens with zero attached hydrogens (tertiary/aromatic N) is 1. The molecule has 0 N–H and O–H groups in total. The summed E-state index contributed by atoms with van der Waals surface area (Å²) in [7, 11) is 3.44. The van der Waals surface area contributed by atoms with E-state index >= 15 is 0 Å². The fourth-order valence-corrected chi connectivity index (χ4v) is 2.37. The van der Waals surface area contributed by atoms with Crippen molar-refractivity contribution in [3.8, 4) is 5.75 Å². The van der Waals surface area contributed by atoms with Gasteiger partial charge in [-0.25, -0.2) is 0 Å². The fraction of sp³-hybridized carbons (Fsp3) is 0.500. The Hall–Kier alpha value is -0.740. The number of amides is 1. The first-order valence-electron chi connectivity index (χ1n) is 6.20. The highest BCUT2D eigenvalue weighted by atomic mass is 79.9. The Morgan fingerprint density at radius 3 is 2.79 bits per heavy atom. The van der Waals surface area contributed by atoms with Gasteiger partial charge in [0.05, 0.1) is 7.11 Å². The van der Waals surface area contributed by atoms with Crippen LogP contribution in [0.1, 0.15) is 24.8 Å². The first kappa shape index (κ1) is 16.3. The van der Waals surface area contributed by atoms with E-state index in [1.165, 1.54) is 0 Å². The molecular formula is C14H19BrClNO2. The van der Waals surface area contributed by atoms with Crippen LogP contribution >= 0.6 is 27.5 Å². The quantitative estimate of drug-likeness (QED) is 0.554. The third kappa shape index (κ3) is 5.41. The Morgan fingerprint density at radius 1 is 1.42 bits per heavy atom.